The molecule has 0 aliphatic carbocycles. The first kappa shape index (κ1) is 26.2. The molecule has 1 aromatic heterocycles. The maximum atomic E-state index is 5.02. The molecule has 0 fully saturated rings. The van der Waals surface area contributed by atoms with Crippen molar-refractivity contribution in [1.82, 2.24) is 15.0 Å². The molecule has 0 saturated carbocycles. The summed E-state index contributed by atoms with van der Waals surface area (Å²) < 4.78 is 0. The molecule has 9 aromatic rings. The molecule has 9 rings (SSSR count). The van der Waals surface area contributed by atoms with E-state index >= 15 is 0 Å². The number of hydrogen-bond donors (Lipinski definition) is 0. The lowest BCUT2D eigenvalue weighted by molar-refractivity contribution is 1.07. The van der Waals surface area contributed by atoms with Gasteiger partial charge in [0.1, 0.15) is 0 Å². The van der Waals surface area contributed by atoms with Crippen LogP contribution in [0.1, 0.15) is 0 Å². The van der Waals surface area contributed by atoms with Crippen molar-refractivity contribution in [2.24, 2.45) is 0 Å². The number of aromatic nitrogens is 3. The Morgan fingerprint density at radius 2 is 0.717 bits per heavy atom. The van der Waals surface area contributed by atoms with E-state index in [0.717, 1.165) is 27.8 Å². The molecule has 0 aliphatic rings. The van der Waals surface area contributed by atoms with E-state index in [2.05, 4.69) is 103 Å². The van der Waals surface area contributed by atoms with E-state index in [1.54, 1.807) is 0 Å². The zero-order valence-electron chi connectivity index (χ0n) is 24.9. The Labute approximate surface area is 266 Å². The van der Waals surface area contributed by atoms with Crippen molar-refractivity contribution in [3.63, 3.8) is 0 Å². The second kappa shape index (κ2) is 10.8. The number of rotatable bonds is 4. The van der Waals surface area contributed by atoms with Crippen molar-refractivity contribution in [1.29, 1.82) is 0 Å². The van der Waals surface area contributed by atoms with Gasteiger partial charge in [-0.15, -0.1) is 0 Å². The van der Waals surface area contributed by atoms with Crippen LogP contribution in [0.15, 0.2) is 164 Å². The smallest absolute Gasteiger partial charge is 0.164 e. The second-order valence-corrected chi connectivity index (χ2v) is 11.6. The lowest BCUT2D eigenvalue weighted by Gasteiger charge is -2.13. The number of hydrogen-bond acceptors (Lipinski definition) is 3. The minimum atomic E-state index is 0.653. The van der Waals surface area contributed by atoms with E-state index in [9.17, 15) is 0 Å². The van der Waals surface area contributed by atoms with Crippen LogP contribution < -0.4 is 0 Å². The van der Waals surface area contributed by atoms with Crippen LogP contribution in [-0.4, -0.2) is 15.0 Å². The van der Waals surface area contributed by atoms with Crippen LogP contribution in [0.3, 0.4) is 0 Å². The molecule has 0 N–H and O–H groups in total. The maximum absolute atomic E-state index is 5.02. The summed E-state index contributed by atoms with van der Waals surface area (Å²) in [6, 6.07) is 57.6. The number of nitrogens with zero attached hydrogens (tertiary/aromatic N) is 3. The van der Waals surface area contributed by atoms with Crippen LogP contribution >= 0.6 is 0 Å². The van der Waals surface area contributed by atoms with Gasteiger partial charge in [0.2, 0.25) is 0 Å². The van der Waals surface area contributed by atoms with Crippen LogP contribution in [0.5, 0.6) is 0 Å². The molecule has 0 aliphatic heterocycles. The summed E-state index contributed by atoms with van der Waals surface area (Å²) in [5.41, 5.74) is 5.09. The Morgan fingerprint density at radius 1 is 0.261 bits per heavy atom. The van der Waals surface area contributed by atoms with Gasteiger partial charge in [0.25, 0.3) is 0 Å². The molecule has 0 atom stereocenters. The van der Waals surface area contributed by atoms with E-state index in [-0.39, 0.29) is 0 Å². The van der Waals surface area contributed by atoms with Crippen molar-refractivity contribution in [3.05, 3.63) is 164 Å². The summed E-state index contributed by atoms with van der Waals surface area (Å²) in [5, 5.41) is 10.1. The average Bonchev–Trinajstić information content (AvgIpc) is 3.14. The van der Waals surface area contributed by atoms with Crippen molar-refractivity contribution in [2.45, 2.75) is 0 Å². The van der Waals surface area contributed by atoms with Gasteiger partial charge in [0.15, 0.2) is 17.5 Å². The normalized spacial score (nSPS) is 11.5. The fourth-order valence-electron chi connectivity index (χ4n) is 6.67. The molecule has 0 amide bonds. The Morgan fingerprint density at radius 3 is 1.39 bits per heavy atom. The molecule has 0 saturated heterocycles. The lowest BCUT2D eigenvalue weighted by atomic mass is 9.92. The maximum Gasteiger partial charge on any atom is 0.164 e. The first-order valence-corrected chi connectivity index (χ1v) is 15.5. The number of benzene rings is 8. The van der Waals surface area contributed by atoms with Gasteiger partial charge in [-0.3, -0.25) is 0 Å². The monoisotopic (exact) mass is 585 g/mol. The highest BCUT2D eigenvalue weighted by atomic mass is 15.0. The third-order valence-corrected chi connectivity index (χ3v) is 8.92. The lowest BCUT2D eigenvalue weighted by Crippen LogP contribution is -2.01. The first-order chi connectivity index (χ1) is 22.8. The van der Waals surface area contributed by atoms with Crippen molar-refractivity contribution in [2.75, 3.05) is 0 Å². The van der Waals surface area contributed by atoms with Gasteiger partial charge in [-0.05, 0) is 60.3 Å². The summed E-state index contributed by atoms with van der Waals surface area (Å²) in [6.45, 7) is 0. The van der Waals surface area contributed by atoms with Gasteiger partial charge in [-0.1, -0.05) is 158 Å². The van der Waals surface area contributed by atoms with E-state index in [1.165, 1.54) is 43.1 Å². The van der Waals surface area contributed by atoms with Crippen LogP contribution in [0, 0.1) is 0 Å². The summed E-state index contributed by atoms with van der Waals surface area (Å²) in [7, 11) is 0. The molecule has 3 nitrogen and oxygen atoms in total. The van der Waals surface area contributed by atoms with Crippen LogP contribution in [-0.2, 0) is 0 Å². The topological polar surface area (TPSA) is 38.7 Å². The minimum Gasteiger partial charge on any atom is -0.208 e. The van der Waals surface area contributed by atoms with Crippen molar-refractivity contribution >= 4 is 43.1 Å². The highest BCUT2D eigenvalue weighted by molar-refractivity contribution is 6.22. The molecule has 46 heavy (non-hydrogen) atoms. The summed E-state index contributed by atoms with van der Waals surface area (Å²) in [4.78, 5) is 14.9. The van der Waals surface area contributed by atoms with E-state index < -0.39 is 0 Å². The SMILES string of the molecule is c1ccc(-c2nc(-c3ccccc3)nc(-c3ccccc3-c3ccc4c(ccc5c4ccc4c6ccccc6ccc45)c3)n2)cc1. The first-order valence-electron chi connectivity index (χ1n) is 15.5. The fourth-order valence-corrected chi connectivity index (χ4v) is 6.67. The number of fused-ring (bicyclic) bond motifs is 7. The molecule has 0 unspecified atom stereocenters. The molecule has 0 bridgehead atoms. The Balaban J connectivity index is 1.20. The molecular formula is C43H27N3. The zero-order valence-corrected chi connectivity index (χ0v) is 24.9. The van der Waals surface area contributed by atoms with Gasteiger partial charge in [0, 0.05) is 16.7 Å². The van der Waals surface area contributed by atoms with E-state index in [0.29, 0.717) is 17.5 Å². The zero-order chi connectivity index (χ0) is 30.5. The van der Waals surface area contributed by atoms with Crippen LogP contribution in [0.2, 0.25) is 0 Å². The summed E-state index contributed by atoms with van der Waals surface area (Å²) in [5.74, 6) is 1.97. The summed E-state index contributed by atoms with van der Waals surface area (Å²) in [6.07, 6.45) is 0. The second-order valence-electron chi connectivity index (χ2n) is 11.6. The van der Waals surface area contributed by atoms with Gasteiger partial charge in [-0.2, -0.15) is 0 Å². The minimum absolute atomic E-state index is 0.653. The quantitative estimate of drug-likeness (QED) is 0.193. The highest BCUT2D eigenvalue weighted by Gasteiger charge is 2.16. The molecule has 0 radical (unpaired) electrons. The van der Waals surface area contributed by atoms with Crippen molar-refractivity contribution < 1.29 is 0 Å². The average molecular weight is 586 g/mol. The molecule has 1 heterocycles. The standard InChI is InChI=1S/C43H27N3/c1-3-12-29(13-4-1)41-44-42(30-14-5-2-6-15-30)46-43(45-41)40-18-10-9-17-34(40)31-20-22-35-32(27-31)21-24-39-37(35)26-25-36-33-16-8-7-11-28(33)19-23-38(36)39/h1-27H. The predicted octanol–water partition coefficient (Wildman–Crippen LogP) is 11.2. The molecule has 214 valence electrons. The summed E-state index contributed by atoms with van der Waals surface area (Å²) >= 11 is 0. The van der Waals surface area contributed by atoms with Crippen molar-refractivity contribution in [3.8, 4) is 45.3 Å². The molecular weight excluding hydrogens is 558 g/mol. The largest absolute Gasteiger partial charge is 0.208 e. The van der Waals surface area contributed by atoms with Gasteiger partial charge >= 0.3 is 0 Å². The van der Waals surface area contributed by atoms with Gasteiger partial charge in [-0.25, -0.2) is 15.0 Å². The predicted molar refractivity (Wildman–Crippen MR) is 192 cm³/mol. The van der Waals surface area contributed by atoms with E-state index in [4.69, 9.17) is 15.0 Å². The Kier molecular flexibility index (Phi) is 6.14. The van der Waals surface area contributed by atoms with Crippen LogP contribution in [0.25, 0.3) is 88.4 Å². The van der Waals surface area contributed by atoms with Crippen LogP contribution in [0.4, 0.5) is 0 Å². The third kappa shape index (κ3) is 4.41. The molecule has 3 heteroatoms. The van der Waals surface area contributed by atoms with E-state index in [1.807, 2.05) is 60.7 Å². The Bertz CT molecular complexity index is 2520. The van der Waals surface area contributed by atoms with Gasteiger partial charge < -0.3 is 0 Å². The fraction of sp³-hybridized carbons (Fsp3) is 0. The van der Waals surface area contributed by atoms with Gasteiger partial charge in [0.05, 0.1) is 0 Å². The molecule has 8 aromatic carbocycles. The Hall–Kier alpha value is -6.19. The third-order valence-electron chi connectivity index (χ3n) is 8.92. The molecule has 0 spiro atoms. The highest BCUT2D eigenvalue weighted by Crippen LogP contribution is 2.38.